The maximum Gasteiger partial charge on any atom is 0.251 e. The Morgan fingerprint density at radius 2 is 0.832 bits per heavy atom. The highest BCUT2D eigenvalue weighted by Gasteiger charge is 2.30. The van der Waals surface area contributed by atoms with E-state index in [0.717, 1.165) is 157 Å². The maximum atomic E-state index is 13.4. The van der Waals surface area contributed by atoms with Crippen LogP contribution in [-0.4, -0.2) is 150 Å². The van der Waals surface area contributed by atoms with Crippen LogP contribution in [0, 0.1) is 58.7 Å². The van der Waals surface area contributed by atoms with Gasteiger partial charge in [0.15, 0.2) is 11.6 Å². The standard InChI is InChI=1S/C30H43NO2.C29H41NO.C28H38N2O2.C26H38N2O/c1-22(2)17-27-15-10-16-28(30(27)33-5)25-13-9-14-26(20-25)29(32)19-24(21-31(3)4)18-23-11-7-6-8-12-23;1-22(2)16-24-12-8-13-26(18-24)27-14-9-15-28(20-27)29(31)19-25(21-30(3)4)17-23-10-6-5-7-11-23;1-4-30-15-7-11-25(30)18-29-28(31)24-10-5-8-22(17-24)26-12-6-9-23(16-20(2)3)27(26)32-19-21-13-14-21;1-19(2)14-20-10-8-11-21(15-20)22-12-9-13-23(16-22)25(29)27-24(18-28(6)7)17-26(3,4)5/h9-10,13-16,20,22-24H,6-8,11-12,17-19,21H2,1-5H3;8-9,12-15,18,20,22-23,25H,5-7,10-11,16-17,19,21H2,1-4H3;5-6,8-10,12,17,20-21,25H,4,7,11,13-16,18-19H2,1-3H3,(H,29,31);8-13,15-16,19,24H,14,17-18H2,1-7H3,(H,27,29)/t24-;2*25-;/m000./s1. The van der Waals surface area contributed by atoms with Gasteiger partial charge in [0.05, 0.1) is 13.7 Å². The van der Waals surface area contributed by atoms with Crippen molar-refractivity contribution in [2.75, 3.05) is 95.3 Å². The van der Waals surface area contributed by atoms with E-state index in [0.29, 0.717) is 71.7 Å². The lowest BCUT2D eigenvalue weighted by atomic mass is 9.80. The SMILES string of the molecule is CC(C)Cc1cccc(-c2cccc(C(=O)C[C@H](CC3CCCCC3)CN(C)C)c2)c1.CC(C)Cc1cccc(-c2cccc(C(=O)NC(CN(C)C)CC(C)(C)C)c2)c1.CCN1CCC[C@H]1CNC(=O)c1cccc(-c2cccc(CC(C)C)c2OCC2CC2)c1.COc1c(CC(C)C)cccc1-c1cccc(C(=O)C[C@H](CC2CCCCC2)CN(C)C)c1. The number of amides is 2. The van der Waals surface area contributed by atoms with Crippen LogP contribution in [0.2, 0.25) is 0 Å². The van der Waals surface area contributed by atoms with Crippen molar-refractivity contribution in [1.82, 2.24) is 30.2 Å². The quantitative estimate of drug-likeness (QED) is 0.0360. The van der Waals surface area contributed by atoms with E-state index in [9.17, 15) is 19.2 Å². The first kappa shape index (κ1) is 100. The summed E-state index contributed by atoms with van der Waals surface area (Å²) in [6.07, 6.45) is 27.2. The van der Waals surface area contributed by atoms with Crippen LogP contribution in [0.3, 0.4) is 0 Å². The molecule has 12 nitrogen and oxygen atoms in total. The molecule has 8 aromatic rings. The number of nitrogens with zero attached hydrogens (tertiary/aromatic N) is 4. The van der Waals surface area contributed by atoms with Gasteiger partial charge in [-0.3, -0.25) is 24.1 Å². The second-order valence-corrected chi connectivity index (χ2v) is 41.0. The van der Waals surface area contributed by atoms with E-state index in [1.54, 1.807) is 7.11 Å². The highest BCUT2D eigenvalue weighted by atomic mass is 16.5. The summed E-state index contributed by atoms with van der Waals surface area (Å²) in [6.45, 7) is 33.3. The van der Waals surface area contributed by atoms with Crippen molar-refractivity contribution >= 4 is 23.4 Å². The monoisotopic (exact) mass is 1700 g/mol. The van der Waals surface area contributed by atoms with E-state index in [1.807, 2.05) is 74.8 Å². The van der Waals surface area contributed by atoms with Crippen LogP contribution in [0.1, 0.15) is 269 Å². The minimum Gasteiger partial charge on any atom is -0.496 e. The molecular weight excluding hydrogens is 1540 g/mol. The first-order valence-electron chi connectivity index (χ1n) is 48.2. The van der Waals surface area contributed by atoms with Crippen LogP contribution in [0.4, 0.5) is 0 Å². The Balaban J connectivity index is 0.000000189. The molecule has 0 radical (unpaired) electrons. The van der Waals surface area contributed by atoms with Gasteiger partial charge in [0, 0.05) is 84.5 Å². The second kappa shape index (κ2) is 50.9. The highest BCUT2D eigenvalue weighted by Crippen LogP contribution is 2.41. The largest absolute Gasteiger partial charge is 0.496 e. The van der Waals surface area contributed by atoms with Gasteiger partial charge < -0.3 is 34.8 Å². The van der Waals surface area contributed by atoms with E-state index in [1.165, 1.54) is 131 Å². The summed E-state index contributed by atoms with van der Waals surface area (Å²) >= 11 is 0. The topological polar surface area (TPSA) is 124 Å². The fourth-order valence-electron chi connectivity index (χ4n) is 19.3. The lowest BCUT2D eigenvalue weighted by Gasteiger charge is -2.29. The Labute approximate surface area is 757 Å². The van der Waals surface area contributed by atoms with E-state index in [4.69, 9.17) is 9.47 Å². The van der Waals surface area contributed by atoms with Gasteiger partial charge in [0.1, 0.15) is 11.5 Å². The number of Topliss-reactive ketones (excluding diaryl/α,β-unsaturated/α-hetero) is 2. The maximum absolute atomic E-state index is 13.4. The zero-order valence-electron chi connectivity index (χ0n) is 80.6. The van der Waals surface area contributed by atoms with Crippen LogP contribution in [-0.2, 0) is 25.7 Å². The molecule has 1 aliphatic heterocycles. The number of methoxy groups -OCH3 is 1. The van der Waals surface area contributed by atoms with Crippen LogP contribution in [0.25, 0.3) is 44.5 Å². The molecule has 125 heavy (non-hydrogen) atoms. The Morgan fingerprint density at radius 1 is 0.432 bits per heavy atom. The summed E-state index contributed by atoms with van der Waals surface area (Å²) in [6, 6.07) is 63.2. The minimum atomic E-state index is 0.00119. The Hall–Kier alpha value is -8.52. The number of hydrogen-bond donors (Lipinski definition) is 2. The Kier molecular flexibility index (Phi) is 40.8. The highest BCUT2D eigenvalue weighted by molar-refractivity contribution is 5.99. The summed E-state index contributed by atoms with van der Waals surface area (Å²) in [5.74, 6) is 8.03. The Bertz CT molecular complexity index is 4610. The van der Waals surface area contributed by atoms with Crippen LogP contribution >= 0.6 is 0 Å². The summed E-state index contributed by atoms with van der Waals surface area (Å²) < 4.78 is 12.2. The predicted octanol–water partition coefficient (Wildman–Crippen LogP) is 25.8. The van der Waals surface area contributed by atoms with Crippen molar-refractivity contribution in [2.45, 2.75) is 243 Å². The number of hydrogen-bond acceptors (Lipinski definition) is 10. The van der Waals surface area contributed by atoms with E-state index in [2.05, 4.69) is 263 Å². The van der Waals surface area contributed by atoms with Gasteiger partial charge in [-0.15, -0.1) is 0 Å². The third-order valence-electron chi connectivity index (χ3n) is 25.0. The predicted molar refractivity (Wildman–Crippen MR) is 527 cm³/mol. The zero-order valence-corrected chi connectivity index (χ0v) is 80.6. The lowest BCUT2D eigenvalue weighted by molar-refractivity contribution is 0.0912. The van der Waals surface area contributed by atoms with Gasteiger partial charge in [-0.05, 0) is 277 Å². The summed E-state index contributed by atoms with van der Waals surface area (Å²) in [5.41, 5.74) is 17.3. The molecule has 8 aromatic carbocycles. The van der Waals surface area contributed by atoms with Gasteiger partial charge in [0.25, 0.3) is 11.8 Å². The molecule has 1 saturated heterocycles. The molecule has 4 fully saturated rings. The van der Waals surface area contributed by atoms with Crippen LogP contribution in [0.5, 0.6) is 11.5 Å². The molecule has 0 spiro atoms. The van der Waals surface area contributed by atoms with Gasteiger partial charge in [-0.25, -0.2) is 0 Å². The number of carbonyl (C=O) groups is 4. The molecular formula is C113H160N6O6. The van der Waals surface area contributed by atoms with Gasteiger partial charge >= 0.3 is 0 Å². The number of benzene rings is 8. The third kappa shape index (κ3) is 34.5. The van der Waals surface area contributed by atoms with E-state index < -0.39 is 0 Å². The van der Waals surface area contributed by atoms with Crippen molar-refractivity contribution < 1.29 is 28.7 Å². The normalized spacial score (nSPS) is 16.0. The first-order valence-corrected chi connectivity index (χ1v) is 48.2. The molecule has 12 rings (SSSR count). The molecule has 0 bridgehead atoms. The number of ether oxygens (including phenoxy) is 2. The minimum absolute atomic E-state index is 0.00119. The molecule has 4 aliphatic rings. The molecule has 3 saturated carbocycles. The van der Waals surface area contributed by atoms with Crippen LogP contribution < -0.4 is 20.1 Å². The number of ketones is 2. The van der Waals surface area contributed by atoms with Gasteiger partial charge in [-0.2, -0.15) is 0 Å². The van der Waals surface area contributed by atoms with E-state index >= 15 is 0 Å². The summed E-state index contributed by atoms with van der Waals surface area (Å²) in [4.78, 5) is 61.6. The molecule has 3 aliphatic carbocycles. The molecule has 1 heterocycles. The second-order valence-electron chi connectivity index (χ2n) is 41.0. The van der Waals surface area contributed by atoms with Crippen molar-refractivity contribution in [3.63, 3.8) is 0 Å². The molecule has 12 heteroatoms. The lowest BCUT2D eigenvalue weighted by Crippen LogP contribution is -2.43. The van der Waals surface area contributed by atoms with Crippen molar-refractivity contribution in [2.24, 2.45) is 58.7 Å². The van der Waals surface area contributed by atoms with Crippen molar-refractivity contribution in [3.8, 4) is 56.0 Å². The average Bonchev–Trinajstić information content (AvgIpc) is 1.53. The number of likely N-dealkylation sites (tertiary alicyclic amines) is 1. The first-order chi connectivity index (χ1) is 59.8. The zero-order chi connectivity index (χ0) is 90.1. The number of rotatable bonds is 39. The molecule has 4 atom stereocenters. The average molecular weight is 1700 g/mol. The Morgan fingerprint density at radius 3 is 1.27 bits per heavy atom. The summed E-state index contributed by atoms with van der Waals surface area (Å²) in [5, 5.41) is 6.43. The van der Waals surface area contributed by atoms with Gasteiger partial charge in [0.2, 0.25) is 0 Å². The number of likely N-dealkylation sites (N-methyl/N-ethyl adjacent to an activating group) is 2. The molecule has 0 aromatic heterocycles. The summed E-state index contributed by atoms with van der Waals surface area (Å²) in [7, 11) is 14.3. The molecule has 678 valence electrons. The number of nitrogens with one attached hydrogen (secondary N) is 2. The smallest absolute Gasteiger partial charge is 0.251 e. The third-order valence-corrected chi connectivity index (χ3v) is 25.0. The molecule has 1 unspecified atom stereocenters. The number of carbonyl (C=O) groups excluding carboxylic acids is 4. The van der Waals surface area contributed by atoms with E-state index in [-0.39, 0.29) is 29.1 Å². The fraction of sp³-hybridized carbons (Fsp3) is 0.540. The number of para-hydroxylation sites is 2. The molecule has 2 amide bonds. The van der Waals surface area contributed by atoms with Gasteiger partial charge in [-0.1, -0.05) is 293 Å². The van der Waals surface area contributed by atoms with Crippen molar-refractivity contribution in [1.29, 1.82) is 0 Å². The van der Waals surface area contributed by atoms with Crippen LogP contribution in [0.15, 0.2) is 182 Å². The van der Waals surface area contributed by atoms with Crippen molar-refractivity contribution in [3.05, 3.63) is 226 Å². The molecule has 2 N–H and O–H groups in total. The fourth-order valence-corrected chi connectivity index (χ4v) is 19.3.